The lowest BCUT2D eigenvalue weighted by Gasteiger charge is -2.12. The fourth-order valence-electron chi connectivity index (χ4n) is 2.53. The van der Waals surface area contributed by atoms with Crippen LogP contribution >= 0.6 is 0 Å². The lowest BCUT2D eigenvalue weighted by Crippen LogP contribution is -2.20. The van der Waals surface area contributed by atoms with E-state index in [1.165, 1.54) is 0 Å². The monoisotopic (exact) mass is 352 g/mol. The van der Waals surface area contributed by atoms with Gasteiger partial charge in [0.2, 0.25) is 0 Å². The number of methoxy groups -OCH3 is 1. The molecule has 0 spiro atoms. The number of amides is 1. The van der Waals surface area contributed by atoms with Gasteiger partial charge in [-0.3, -0.25) is 9.78 Å². The third-order valence-corrected chi connectivity index (χ3v) is 3.74. The highest BCUT2D eigenvalue weighted by molar-refractivity contribution is 6.03. The number of rotatable bonds is 7. The maximum Gasteiger partial charge on any atom is 0.262 e. The lowest BCUT2D eigenvalue weighted by atomic mass is 10.1. The summed E-state index contributed by atoms with van der Waals surface area (Å²) in [6.07, 6.45) is 1.70. The van der Waals surface area contributed by atoms with Crippen LogP contribution in [0, 0.1) is 0 Å². The largest absolute Gasteiger partial charge is 0.497 e. The molecule has 0 aliphatic carbocycles. The van der Waals surface area contributed by atoms with Gasteiger partial charge < -0.3 is 19.5 Å². The van der Waals surface area contributed by atoms with Gasteiger partial charge in [-0.25, -0.2) is 0 Å². The van der Waals surface area contributed by atoms with Crippen LogP contribution in [0.5, 0.6) is 17.2 Å². The van der Waals surface area contributed by atoms with E-state index in [0.29, 0.717) is 29.3 Å². The Morgan fingerprint density at radius 2 is 1.81 bits per heavy atom. The summed E-state index contributed by atoms with van der Waals surface area (Å²) in [5.74, 6) is 1.76. The molecule has 6 heteroatoms. The van der Waals surface area contributed by atoms with Crippen LogP contribution in [0.2, 0.25) is 0 Å². The van der Waals surface area contributed by atoms with Crippen molar-refractivity contribution in [2.45, 2.75) is 6.92 Å². The minimum atomic E-state index is -0.255. The molecule has 0 atom stereocenters. The Kier molecular flexibility index (Phi) is 5.53. The number of carbonyl (C=O) groups is 1. The van der Waals surface area contributed by atoms with Crippen molar-refractivity contribution >= 4 is 22.5 Å². The van der Waals surface area contributed by atoms with Gasteiger partial charge in [0, 0.05) is 11.6 Å². The molecule has 0 saturated heterocycles. The quantitative estimate of drug-likeness (QED) is 0.703. The van der Waals surface area contributed by atoms with E-state index in [1.807, 2.05) is 19.1 Å². The van der Waals surface area contributed by atoms with Crippen molar-refractivity contribution in [2.24, 2.45) is 0 Å². The summed E-state index contributed by atoms with van der Waals surface area (Å²) < 4.78 is 16.2. The third kappa shape index (κ3) is 4.03. The molecular weight excluding hydrogens is 332 g/mol. The number of nitrogens with zero attached hydrogens (tertiary/aromatic N) is 1. The number of ether oxygens (including phenoxy) is 3. The number of nitrogens with one attached hydrogen (secondary N) is 1. The van der Waals surface area contributed by atoms with Gasteiger partial charge in [-0.15, -0.1) is 0 Å². The molecule has 1 heterocycles. The Morgan fingerprint density at radius 3 is 2.54 bits per heavy atom. The number of fused-ring (bicyclic) bond motifs is 1. The zero-order valence-electron chi connectivity index (χ0n) is 14.7. The molecule has 3 aromatic rings. The maximum absolute atomic E-state index is 12.3. The molecule has 134 valence electrons. The first-order valence-corrected chi connectivity index (χ1v) is 8.28. The Labute approximate surface area is 151 Å². The van der Waals surface area contributed by atoms with Crippen molar-refractivity contribution in [1.29, 1.82) is 0 Å². The molecule has 0 aliphatic heterocycles. The average Bonchev–Trinajstić information content (AvgIpc) is 2.69. The van der Waals surface area contributed by atoms with Gasteiger partial charge in [-0.1, -0.05) is 0 Å². The predicted octanol–water partition coefficient (Wildman–Crippen LogP) is 3.66. The van der Waals surface area contributed by atoms with Crippen molar-refractivity contribution in [1.82, 2.24) is 4.98 Å². The van der Waals surface area contributed by atoms with Crippen molar-refractivity contribution < 1.29 is 19.0 Å². The standard InChI is InChI=1S/C20H20N2O4/c1-3-25-18-11-10-17(16-5-4-12-21-20(16)18)22-19(23)13-26-15-8-6-14(24-2)7-9-15/h4-12H,3,13H2,1-2H3,(H,22,23). The fraction of sp³-hybridized carbons (Fsp3) is 0.200. The van der Waals surface area contributed by atoms with Gasteiger partial charge in [-0.05, 0) is 55.5 Å². The maximum atomic E-state index is 12.3. The molecule has 0 bridgehead atoms. The zero-order chi connectivity index (χ0) is 18.4. The Balaban J connectivity index is 1.70. The van der Waals surface area contributed by atoms with Gasteiger partial charge >= 0.3 is 0 Å². The van der Waals surface area contributed by atoms with Crippen LogP contribution in [0.4, 0.5) is 5.69 Å². The summed E-state index contributed by atoms with van der Waals surface area (Å²) in [5.41, 5.74) is 1.38. The van der Waals surface area contributed by atoms with Crippen LogP contribution < -0.4 is 19.5 Å². The molecule has 3 rings (SSSR count). The fourth-order valence-corrected chi connectivity index (χ4v) is 2.53. The summed E-state index contributed by atoms with van der Waals surface area (Å²) in [6, 6.07) is 14.4. The number of hydrogen-bond acceptors (Lipinski definition) is 5. The number of benzene rings is 2. The van der Waals surface area contributed by atoms with Crippen LogP contribution in [0.25, 0.3) is 10.9 Å². The number of pyridine rings is 1. The number of carbonyl (C=O) groups excluding carboxylic acids is 1. The van der Waals surface area contributed by atoms with Crippen LogP contribution in [-0.4, -0.2) is 31.2 Å². The molecule has 0 saturated carbocycles. The average molecular weight is 352 g/mol. The molecule has 0 fully saturated rings. The summed E-state index contributed by atoms with van der Waals surface area (Å²) >= 11 is 0. The highest BCUT2D eigenvalue weighted by Crippen LogP contribution is 2.30. The molecular formula is C20H20N2O4. The summed E-state index contributed by atoms with van der Waals surface area (Å²) in [6.45, 7) is 2.37. The first-order chi connectivity index (χ1) is 12.7. The smallest absolute Gasteiger partial charge is 0.262 e. The van der Waals surface area contributed by atoms with Crippen LogP contribution in [0.3, 0.4) is 0 Å². The number of aromatic nitrogens is 1. The second kappa shape index (κ2) is 8.20. The SMILES string of the molecule is CCOc1ccc(NC(=O)COc2ccc(OC)cc2)c2cccnc12. The third-order valence-electron chi connectivity index (χ3n) is 3.74. The van der Waals surface area contributed by atoms with E-state index < -0.39 is 0 Å². The van der Waals surface area contributed by atoms with Crippen molar-refractivity contribution in [3.05, 3.63) is 54.7 Å². The Bertz CT molecular complexity index is 894. The molecule has 0 unspecified atom stereocenters. The van der Waals surface area contributed by atoms with Crippen LogP contribution in [0.15, 0.2) is 54.7 Å². The molecule has 0 radical (unpaired) electrons. The second-order valence-electron chi connectivity index (χ2n) is 5.46. The van der Waals surface area contributed by atoms with Gasteiger partial charge in [0.05, 0.1) is 19.4 Å². The second-order valence-corrected chi connectivity index (χ2v) is 5.46. The van der Waals surface area contributed by atoms with Gasteiger partial charge in [-0.2, -0.15) is 0 Å². The van der Waals surface area contributed by atoms with E-state index in [4.69, 9.17) is 14.2 Å². The van der Waals surface area contributed by atoms with E-state index in [-0.39, 0.29) is 12.5 Å². The first kappa shape index (κ1) is 17.5. The Morgan fingerprint density at radius 1 is 1.04 bits per heavy atom. The molecule has 0 aliphatic rings. The highest BCUT2D eigenvalue weighted by atomic mass is 16.5. The topological polar surface area (TPSA) is 69.7 Å². The van der Waals surface area contributed by atoms with E-state index in [9.17, 15) is 4.79 Å². The van der Waals surface area contributed by atoms with Crippen molar-refractivity contribution in [2.75, 3.05) is 25.6 Å². The normalized spacial score (nSPS) is 10.4. The van der Waals surface area contributed by atoms with E-state index in [2.05, 4.69) is 10.3 Å². The van der Waals surface area contributed by atoms with Crippen molar-refractivity contribution in [3.63, 3.8) is 0 Å². The van der Waals surface area contributed by atoms with Crippen LogP contribution in [0.1, 0.15) is 6.92 Å². The molecule has 2 aromatic carbocycles. The number of anilines is 1. The van der Waals surface area contributed by atoms with Gasteiger partial charge in [0.25, 0.3) is 5.91 Å². The van der Waals surface area contributed by atoms with E-state index in [1.54, 1.807) is 49.7 Å². The molecule has 26 heavy (non-hydrogen) atoms. The van der Waals surface area contributed by atoms with E-state index in [0.717, 1.165) is 11.1 Å². The summed E-state index contributed by atoms with van der Waals surface area (Å²) in [4.78, 5) is 16.6. The summed E-state index contributed by atoms with van der Waals surface area (Å²) in [7, 11) is 1.60. The molecule has 6 nitrogen and oxygen atoms in total. The van der Waals surface area contributed by atoms with Gasteiger partial charge in [0.15, 0.2) is 6.61 Å². The highest BCUT2D eigenvalue weighted by Gasteiger charge is 2.11. The molecule has 1 amide bonds. The zero-order valence-corrected chi connectivity index (χ0v) is 14.7. The lowest BCUT2D eigenvalue weighted by molar-refractivity contribution is -0.118. The first-order valence-electron chi connectivity index (χ1n) is 8.28. The van der Waals surface area contributed by atoms with Crippen molar-refractivity contribution in [3.8, 4) is 17.2 Å². The molecule has 1 N–H and O–H groups in total. The Hall–Kier alpha value is -3.28. The van der Waals surface area contributed by atoms with E-state index >= 15 is 0 Å². The van der Waals surface area contributed by atoms with Crippen LogP contribution in [-0.2, 0) is 4.79 Å². The predicted molar refractivity (Wildman–Crippen MR) is 100 cm³/mol. The van der Waals surface area contributed by atoms with Gasteiger partial charge in [0.1, 0.15) is 22.8 Å². The minimum absolute atomic E-state index is 0.0959. The molecule has 1 aromatic heterocycles. The summed E-state index contributed by atoms with van der Waals surface area (Å²) in [5, 5.41) is 3.68. The minimum Gasteiger partial charge on any atom is -0.497 e. The number of hydrogen-bond donors (Lipinski definition) is 1.